The Kier molecular flexibility index (Phi) is 6.92. The van der Waals surface area contributed by atoms with Crippen LogP contribution in [0.5, 0.6) is 5.75 Å². The molecular weight excluding hydrogens is 288 g/mol. The molecular formula is C20H22O3. The fourth-order valence-electron chi connectivity index (χ4n) is 2.19. The van der Waals surface area contributed by atoms with E-state index in [4.69, 9.17) is 9.47 Å². The first-order valence-corrected chi connectivity index (χ1v) is 7.83. The van der Waals surface area contributed by atoms with Gasteiger partial charge in [-0.2, -0.15) is 0 Å². The fraction of sp³-hybridized carbons (Fsp3) is 0.250. The van der Waals surface area contributed by atoms with Crippen molar-refractivity contribution in [2.45, 2.75) is 19.8 Å². The van der Waals surface area contributed by atoms with Gasteiger partial charge in [0, 0.05) is 5.57 Å². The van der Waals surface area contributed by atoms with E-state index in [9.17, 15) is 4.79 Å². The molecule has 2 rings (SSSR count). The van der Waals surface area contributed by atoms with Crippen molar-refractivity contribution in [3.63, 3.8) is 0 Å². The van der Waals surface area contributed by atoms with Crippen molar-refractivity contribution in [3.05, 3.63) is 77.9 Å². The highest BCUT2D eigenvalue weighted by molar-refractivity contribution is 5.88. The van der Waals surface area contributed by atoms with Crippen LogP contribution in [0.15, 0.2) is 72.3 Å². The van der Waals surface area contributed by atoms with E-state index in [1.54, 1.807) is 0 Å². The molecule has 0 N–H and O–H groups in total. The molecule has 120 valence electrons. The van der Waals surface area contributed by atoms with Crippen LogP contribution in [0.3, 0.4) is 0 Å². The highest BCUT2D eigenvalue weighted by Gasteiger charge is 2.10. The summed E-state index contributed by atoms with van der Waals surface area (Å²) in [5.41, 5.74) is 1.92. The van der Waals surface area contributed by atoms with Gasteiger partial charge in [0.1, 0.15) is 19.0 Å². The maximum atomic E-state index is 12.1. The molecule has 0 bridgehead atoms. The van der Waals surface area contributed by atoms with Crippen molar-refractivity contribution in [1.82, 2.24) is 0 Å². The number of aryl methyl sites for hydroxylation is 1. The van der Waals surface area contributed by atoms with E-state index in [1.165, 1.54) is 5.56 Å². The van der Waals surface area contributed by atoms with E-state index in [0.29, 0.717) is 18.6 Å². The van der Waals surface area contributed by atoms with Gasteiger partial charge in [0.15, 0.2) is 0 Å². The lowest BCUT2D eigenvalue weighted by atomic mass is 10.0. The topological polar surface area (TPSA) is 35.5 Å². The van der Waals surface area contributed by atoms with Gasteiger partial charge >= 0.3 is 5.97 Å². The average molecular weight is 310 g/mol. The standard InChI is InChI=1S/C20H22O3/c1-2-18(14-13-17-9-5-3-6-10-17)20(21)23-16-15-22-19-11-7-4-8-12-19/h2-12H,13-16H2,1H3. The molecule has 0 saturated heterocycles. The van der Waals surface area contributed by atoms with Crippen LogP contribution in [0.25, 0.3) is 0 Å². The van der Waals surface area contributed by atoms with E-state index in [0.717, 1.165) is 12.2 Å². The number of carbonyl (C=O) groups is 1. The Hall–Kier alpha value is -2.55. The molecule has 0 aliphatic heterocycles. The molecule has 0 heterocycles. The second-order valence-electron chi connectivity index (χ2n) is 5.10. The first-order valence-electron chi connectivity index (χ1n) is 7.83. The lowest BCUT2D eigenvalue weighted by Crippen LogP contribution is -2.14. The Labute approximate surface area is 137 Å². The number of allylic oxidation sites excluding steroid dienone is 1. The van der Waals surface area contributed by atoms with Crippen LogP contribution in [-0.2, 0) is 16.0 Å². The van der Waals surface area contributed by atoms with Crippen molar-refractivity contribution in [2.24, 2.45) is 0 Å². The Morgan fingerprint density at radius 2 is 1.61 bits per heavy atom. The van der Waals surface area contributed by atoms with Crippen LogP contribution in [0.1, 0.15) is 18.9 Å². The second kappa shape index (κ2) is 9.46. The van der Waals surface area contributed by atoms with Crippen LogP contribution in [0.2, 0.25) is 0 Å². The van der Waals surface area contributed by atoms with Gasteiger partial charge in [-0.15, -0.1) is 0 Å². The Balaban J connectivity index is 1.70. The SMILES string of the molecule is CC=C(CCc1ccccc1)C(=O)OCCOc1ccccc1. The van der Waals surface area contributed by atoms with E-state index >= 15 is 0 Å². The maximum absolute atomic E-state index is 12.1. The molecule has 3 nitrogen and oxygen atoms in total. The van der Waals surface area contributed by atoms with Gasteiger partial charge in [-0.05, 0) is 37.5 Å². The van der Waals surface area contributed by atoms with E-state index in [1.807, 2.05) is 61.5 Å². The van der Waals surface area contributed by atoms with Gasteiger partial charge in [0.2, 0.25) is 0 Å². The number of esters is 1. The third-order valence-electron chi connectivity index (χ3n) is 3.46. The number of carbonyl (C=O) groups excluding carboxylic acids is 1. The van der Waals surface area contributed by atoms with Crippen LogP contribution < -0.4 is 4.74 Å². The first-order chi connectivity index (χ1) is 11.3. The van der Waals surface area contributed by atoms with Crippen LogP contribution in [0.4, 0.5) is 0 Å². The zero-order chi connectivity index (χ0) is 16.3. The maximum Gasteiger partial charge on any atom is 0.333 e. The van der Waals surface area contributed by atoms with Crippen molar-refractivity contribution < 1.29 is 14.3 Å². The van der Waals surface area contributed by atoms with Crippen molar-refractivity contribution in [3.8, 4) is 5.75 Å². The summed E-state index contributed by atoms with van der Waals surface area (Å²) >= 11 is 0. The minimum atomic E-state index is -0.264. The van der Waals surface area contributed by atoms with Gasteiger partial charge in [-0.1, -0.05) is 54.6 Å². The molecule has 0 fully saturated rings. The number of para-hydroxylation sites is 1. The van der Waals surface area contributed by atoms with Gasteiger partial charge in [0.05, 0.1) is 0 Å². The highest BCUT2D eigenvalue weighted by Crippen LogP contribution is 2.11. The van der Waals surface area contributed by atoms with Crippen LogP contribution in [0, 0.1) is 0 Å². The predicted molar refractivity (Wildman–Crippen MR) is 91.4 cm³/mol. The molecule has 3 heteroatoms. The summed E-state index contributed by atoms with van der Waals surface area (Å²) < 4.78 is 10.8. The van der Waals surface area contributed by atoms with Gasteiger partial charge in [-0.25, -0.2) is 4.79 Å². The monoisotopic (exact) mass is 310 g/mol. The molecule has 0 atom stereocenters. The first kappa shape index (κ1) is 16.8. The van der Waals surface area contributed by atoms with Crippen LogP contribution in [-0.4, -0.2) is 19.2 Å². The number of ether oxygens (including phenoxy) is 2. The van der Waals surface area contributed by atoms with E-state index in [2.05, 4.69) is 12.1 Å². The van der Waals surface area contributed by atoms with Gasteiger partial charge in [-0.3, -0.25) is 0 Å². The average Bonchev–Trinajstić information content (AvgIpc) is 2.61. The zero-order valence-electron chi connectivity index (χ0n) is 13.4. The summed E-state index contributed by atoms with van der Waals surface area (Å²) in [5.74, 6) is 0.513. The molecule has 0 amide bonds. The number of hydrogen-bond acceptors (Lipinski definition) is 3. The summed E-state index contributed by atoms with van der Waals surface area (Å²) in [7, 11) is 0. The van der Waals surface area contributed by atoms with Crippen molar-refractivity contribution in [2.75, 3.05) is 13.2 Å². The Morgan fingerprint density at radius 1 is 0.957 bits per heavy atom. The summed E-state index contributed by atoms with van der Waals surface area (Å²) in [5, 5.41) is 0. The molecule has 0 radical (unpaired) electrons. The van der Waals surface area contributed by atoms with Crippen LogP contribution >= 0.6 is 0 Å². The minimum Gasteiger partial charge on any atom is -0.490 e. The normalized spacial score (nSPS) is 11.1. The summed E-state index contributed by atoms with van der Waals surface area (Å²) in [4.78, 5) is 12.1. The number of benzene rings is 2. The summed E-state index contributed by atoms with van der Waals surface area (Å²) in [6.07, 6.45) is 3.33. The molecule has 23 heavy (non-hydrogen) atoms. The smallest absolute Gasteiger partial charge is 0.333 e. The molecule has 0 saturated carbocycles. The third-order valence-corrected chi connectivity index (χ3v) is 3.46. The summed E-state index contributed by atoms with van der Waals surface area (Å²) in [6, 6.07) is 19.6. The van der Waals surface area contributed by atoms with E-state index in [-0.39, 0.29) is 12.6 Å². The largest absolute Gasteiger partial charge is 0.490 e. The van der Waals surface area contributed by atoms with Gasteiger partial charge < -0.3 is 9.47 Å². The lowest BCUT2D eigenvalue weighted by Gasteiger charge is -2.09. The number of hydrogen-bond donors (Lipinski definition) is 0. The highest BCUT2D eigenvalue weighted by atomic mass is 16.6. The van der Waals surface area contributed by atoms with Gasteiger partial charge in [0.25, 0.3) is 0 Å². The molecule has 2 aromatic carbocycles. The molecule has 0 aliphatic carbocycles. The Morgan fingerprint density at radius 3 is 2.26 bits per heavy atom. The second-order valence-corrected chi connectivity index (χ2v) is 5.10. The zero-order valence-corrected chi connectivity index (χ0v) is 13.4. The minimum absolute atomic E-state index is 0.246. The molecule has 0 spiro atoms. The lowest BCUT2D eigenvalue weighted by molar-refractivity contribution is -0.139. The van der Waals surface area contributed by atoms with Crippen molar-refractivity contribution in [1.29, 1.82) is 0 Å². The molecule has 0 unspecified atom stereocenters. The van der Waals surface area contributed by atoms with E-state index < -0.39 is 0 Å². The number of rotatable bonds is 8. The molecule has 0 aliphatic rings. The predicted octanol–water partition coefficient (Wildman–Crippen LogP) is 4.19. The quantitative estimate of drug-likeness (QED) is 0.417. The molecule has 2 aromatic rings. The summed E-state index contributed by atoms with van der Waals surface area (Å²) in [6.45, 7) is 2.46. The Bertz CT molecular complexity index is 618. The fourth-order valence-corrected chi connectivity index (χ4v) is 2.19. The molecule has 0 aromatic heterocycles. The van der Waals surface area contributed by atoms with Crippen molar-refractivity contribution >= 4 is 5.97 Å². The third kappa shape index (κ3) is 5.99.